The summed E-state index contributed by atoms with van der Waals surface area (Å²) in [7, 11) is 1.87. The van der Waals surface area contributed by atoms with Crippen LogP contribution in [0.3, 0.4) is 0 Å². The Hall–Kier alpha value is -2.38. The number of benzene rings is 2. The van der Waals surface area contributed by atoms with E-state index in [9.17, 15) is 4.39 Å². The van der Waals surface area contributed by atoms with Gasteiger partial charge in [-0.2, -0.15) is 16.9 Å². The molecule has 144 valence electrons. The molecule has 4 rings (SSSR count). The zero-order valence-electron chi connectivity index (χ0n) is 15.6. The molecule has 0 saturated carbocycles. The molecule has 0 aliphatic carbocycles. The minimum absolute atomic E-state index is 0.241. The van der Waals surface area contributed by atoms with Gasteiger partial charge in [-0.15, -0.1) is 0 Å². The Morgan fingerprint density at radius 1 is 1.22 bits per heavy atom. The number of aromatic nitrogens is 2. The molecule has 0 unspecified atom stereocenters. The molecule has 0 spiro atoms. The molecule has 27 heavy (non-hydrogen) atoms. The second kappa shape index (κ2) is 10.7. The molecular weight excluding hydrogens is 363 g/mol. The number of fused-ring (bicyclic) bond motifs is 1. The van der Waals surface area contributed by atoms with Gasteiger partial charge in [0.25, 0.3) is 0 Å². The lowest BCUT2D eigenvalue weighted by Gasteiger charge is -2.01. The number of rotatable bonds is 3. The van der Waals surface area contributed by atoms with Crippen LogP contribution in [0.4, 0.5) is 10.1 Å². The van der Waals surface area contributed by atoms with Crippen LogP contribution in [-0.2, 0) is 4.79 Å². The molecule has 1 atom stereocenters. The summed E-state index contributed by atoms with van der Waals surface area (Å²) >= 11 is 1.97. The summed E-state index contributed by atoms with van der Waals surface area (Å²) in [6.07, 6.45) is 3.54. The molecule has 0 amide bonds. The Morgan fingerprint density at radius 2 is 1.96 bits per heavy atom. The predicted molar refractivity (Wildman–Crippen MR) is 113 cm³/mol. The fourth-order valence-electron chi connectivity index (χ4n) is 2.83. The molecule has 3 N–H and O–H groups in total. The minimum Gasteiger partial charge on any atom is -0.388 e. The van der Waals surface area contributed by atoms with Gasteiger partial charge in [0, 0.05) is 35.5 Å². The van der Waals surface area contributed by atoms with E-state index in [0.717, 1.165) is 33.1 Å². The summed E-state index contributed by atoms with van der Waals surface area (Å²) < 4.78 is 12.9. The quantitative estimate of drug-likeness (QED) is 0.634. The maximum atomic E-state index is 12.9. The van der Waals surface area contributed by atoms with Gasteiger partial charge < -0.3 is 15.4 Å². The highest BCUT2D eigenvalue weighted by Gasteiger charge is 2.11. The van der Waals surface area contributed by atoms with Crippen molar-refractivity contribution in [2.75, 3.05) is 31.7 Å². The second-order valence-electron chi connectivity index (χ2n) is 5.94. The van der Waals surface area contributed by atoms with Gasteiger partial charge in [0.1, 0.15) is 12.6 Å². The van der Waals surface area contributed by atoms with Crippen molar-refractivity contribution < 1.29 is 9.18 Å². The zero-order valence-corrected chi connectivity index (χ0v) is 16.4. The highest BCUT2D eigenvalue weighted by molar-refractivity contribution is 7.99. The number of carbonyl (C=O) groups excluding carboxylic acids is 1. The van der Waals surface area contributed by atoms with E-state index < -0.39 is 0 Å². The molecule has 0 radical (unpaired) electrons. The van der Waals surface area contributed by atoms with Crippen molar-refractivity contribution in [2.24, 2.45) is 0 Å². The van der Waals surface area contributed by atoms with Gasteiger partial charge >= 0.3 is 0 Å². The summed E-state index contributed by atoms with van der Waals surface area (Å²) in [5.41, 5.74) is 3.72. The molecule has 0 bridgehead atoms. The molecule has 1 aliphatic rings. The van der Waals surface area contributed by atoms with Crippen LogP contribution >= 0.6 is 11.8 Å². The lowest BCUT2D eigenvalue weighted by atomic mass is 10.1. The fourth-order valence-corrected chi connectivity index (χ4v) is 3.46. The van der Waals surface area contributed by atoms with Crippen molar-refractivity contribution in [3.8, 4) is 11.3 Å². The molecule has 3 aromatic rings. The number of nitrogens with one attached hydrogen (secondary N) is 3. The average Bonchev–Trinajstić information content (AvgIpc) is 3.40. The van der Waals surface area contributed by atoms with Crippen LogP contribution in [0.5, 0.6) is 0 Å². The van der Waals surface area contributed by atoms with Crippen molar-refractivity contribution >= 4 is 35.1 Å². The molecule has 7 heteroatoms. The van der Waals surface area contributed by atoms with Gasteiger partial charge in [-0.05, 0) is 61.7 Å². The SMILES string of the molecule is C=O.CNc1ccc2[nH]nc(-c3ccc(F)cc3)c2c1.CS[C@H]1CCNC1. The lowest BCUT2D eigenvalue weighted by Crippen LogP contribution is -2.09. The third-order valence-electron chi connectivity index (χ3n) is 4.32. The first kappa shape index (κ1) is 20.9. The largest absolute Gasteiger partial charge is 0.388 e. The lowest BCUT2D eigenvalue weighted by molar-refractivity contribution is -0.0979. The maximum absolute atomic E-state index is 12.9. The Labute approximate surface area is 163 Å². The Balaban J connectivity index is 0.000000244. The van der Waals surface area contributed by atoms with Crippen molar-refractivity contribution in [3.05, 3.63) is 48.3 Å². The average molecular weight is 389 g/mol. The highest BCUT2D eigenvalue weighted by Crippen LogP contribution is 2.28. The number of hydrogen-bond donors (Lipinski definition) is 3. The molecule has 1 fully saturated rings. The number of carbonyl (C=O) groups is 1. The van der Waals surface area contributed by atoms with E-state index in [4.69, 9.17) is 4.79 Å². The van der Waals surface area contributed by atoms with Gasteiger partial charge in [-0.25, -0.2) is 4.39 Å². The van der Waals surface area contributed by atoms with Crippen LogP contribution in [0, 0.1) is 5.82 Å². The first-order chi connectivity index (χ1) is 13.2. The Kier molecular flexibility index (Phi) is 8.29. The highest BCUT2D eigenvalue weighted by atomic mass is 32.2. The molecule has 1 aliphatic heterocycles. The standard InChI is InChI=1S/C14H12FN3.C5H11NS.CH2O/c1-16-11-6-7-13-12(8-11)14(18-17-13)9-2-4-10(15)5-3-9;1-7-5-2-3-6-4-5;1-2/h2-8,16H,1H3,(H,17,18);5-6H,2-4H2,1H3;1H2/t;5-;/m.0./s1. The first-order valence-corrected chi connectivity index (χ1v) is 9.94. The maximum Gasteiger partial charge on any atom is 0.123 e. The third-order valence-corrected chi connectivity index (χ3v) is 5.39. The number of thioether (sulfide) groups is 1. The van der Waals surface area contributed by atoms with Crippen molar-refractivity contribution in [1.29, 1.82) is 0 Å². The van der Waals surface area contributed by atoms with E-state index >= 15 is 0 Å². The number of halogens is 1. The summed E-state index contributed by atoms with van der Waals surface area (Å²) in [4.78, 5) is 8.00. The van der Waals surface area contributed by atoms with Gasteiger partial charge in [-0.3, -0.25) is 5.10 Å². The molecule has 1 saturated heterocycles. The Bertz CT molecular complexity index is 832. The van der Waals surface area contributed by atoms with Crippen LogP contribution in [0.25, 0.3) is 22.2 Å². The van der Waals surface area contributed by atoms with Crippen molar-refractivity contribution in [1.82, 2.24) is 15.5 Å². The smallest absolute Gasteiger partial charge is 0.123 e. The third kappa shape index (κ3) is 5.55. The van der Waals surface area contributed by atoms with Crippen LogP contribution in [0.1, 0.15) is 6.42 Å². The monoisotopic (exact) mass is 388 g/mol. The summed E-state index contributed by atoms with van der Waals surface area (Å²) in [5, 5.41) is 15.6. The van der Waals surface area contributed by atoms with E-state index in [1.165, 1.54) is 31.6 Å². The summed E-state index contributed by atoms with van der Waals surface area (Å²) in [6, 6.07) is 12.3. The molecule has 5 nitrogen and oxygen atoms in total. The van der Waals surface area contributed by atoms with Crippen LogP contribution in [-0.4, -0.2) is 48.6 Å². The second-order valence-corrected chi connectivity index (χ2v) is 7.08. The Morgan fingerprint density at radius 3 is 2.52 bits per heavy atom. The zero-order chi connectivity index (χ0) is 19.6. The van der Waals surface area contributed by atoms with Crippen molar-refractivity contribution in [2.45, 2.75) is 11.7 Å². The van der Waals surface area contributed by atoms with Crippen molar-refractivity contribution in [3.63, 3.8) is 0 Å². The van der Waals surface area contributed by atoms with Gasteiger partial charge in [0.2, 0.25) is 0 Å². The number of aromatic amines is 1. The van der Waals surface area contributed by atoms with E-state index in [2.05, 4.69) is 27.1 Å². The van der Waals surface area contributed by atoms with E-state index in [1.54, 1.807) is 12.1 Å². The van der Waals surface area contributed by atoms with Gasteiger partial charge in [0.05, 0.1) is 11.2 Å². The number of anilines is 1. The van der Waals surface area contributed by atoms with E-state index in [-0.39, 0.29) is 5.82 Å². The number of H-pyrrole nitrogens is 1. The first-order valence-electron chi connectivity index (χ1n) is 8.65. The minimum atomic E-state index is -0.241. The van der Waals surface area contributed by atoms with Gasteiger partial charge in [-0.1, -0.05) is 0 Å². The van der Waals surface area contributed by atoms with Crippen LogP contribution < -0.4 is 10.6 Å². The fraction of sp³-hybridized carbons (Fsp3) is 0.300. The molecule has 1 aromatic heterocycles. The molecule has 2 heterocycles. The predicted octanol–water partition coefficient (Wildman–Crippen LogP) is 3.94. The number of hydrogen-bond acceptors (Lipinski definition) is 5. The normalized spacial score (nSPS) is 15.4. The van der Waals surface area contributed by atoms with E-state index in [1.807, 2.05) is 43.8 Å². The van der Waals surface area contributed by atoms with Crippen LogP contribution in [0.2, 0.25) is 0 Å². The number of nitrogens with zero attached hydrogens (tertiary/aromatic N) is 1. The molecule has 2 aromatic carbocycles. The summed E-state index contributed by atoms with van der Waals surface area (Å²) in [6.45, 7) is 4.45. The van der Waals surface area contributed by atoms with Gasteiger partial charge in [0.15, 0.2) is 0 Å². The van der Waals surface area contributed by atoms with E-state index in [0.29, 0.717) is 0 Å². The topological polar surface area (TPSA) is 69.8 Å². The summed E-state index contributed by atoms with van der Waals surface area (Å²) in [5.74, 6) is -0.241. The van der Waals surface area contributed by atoms with Crippen LogP contribution in [0.15, 0.2) is 42.5 Å². The molecular formula is C20H25FN4OS.